The fourth-order valence-electron chi connectivity index (χ4n) is 6.03. The molecule has 0 radical (unpaired) electrons. The third-order valence-corrected chi connectivity index (χ3v) is 7.81. The van der Waals surface area contributed by atoms with Gasteiger partial charge in [0.2, 0.25) is 0 Å². The molecule has 0 amide bonds. The molecule has 0 heteroatoms. The van der Waals surface area contributed by atoms with Crippen LogP contribution in [0.3, 0.4) is 0 Å². The second kappa shape index (κ2) is 8.24. The van der Waals surface area contributed by atoms with Crippen molar-refractivity contribution in [1.29, 1.82) is 0 Å². The third-order valence-electron chi connectivity index (χ3n) is 7.81. The minimum Gasteiger partial charge on any atom is -0.0683 e. The van der Waals surface area contributed by atoms with Gasteiger partial charge in [-0.15, -0.1) is 0 Å². The van der Waals surface area contributed by atoms with E-state index in [2.05, 4.69) is 125 Å². The smallest absolute Gasteiger partial charge is 0.0159 e. The Labute approximate surface area is 209 Å². The Morgan fingerprint density at radius 2 is 0.914 bits per heavy atom. The highest BCUT2D eigenvalue weighted by Gasteiger charge is 2.32. The Morgan fingerprint density at radius 3 is 1.31 bits per heavy atom. The van der Waals surface area contributed by atoms with Crippen LogP contribution in [-0.4, -0.2) is 0 Å². The Balaban J connectivity index is 1.59. The molecule has 4 aromatic carbocycles. The first-order chi connectivity index (χ1) is 16.9. The Bertz CT molecular complexity index is 1380. The van der Waals surface area contributed by atoms with Gasteiger partial charge >= 0.3 is 0 Å². The molecule has 0 aromatic heterocycles. The van der Waals surface area contributed by atoms with Gasteiger partial charge in [0.05, 0.1) is 0 Å². The summed E-state index contributed by atoms with van der Waals surface area (Å²) in [5.41, 5.74) is 16.6. The minimum absolute atomic E-state index is 0.147. The van der Waals surface area contributed by atoms with E-state index in [0.717, 1.165) is 12.8 Å². The second-order valence-electron chi connectivity index (χ2n) is 10.9. The molecule has 0 fully saturated rings. The second-order valence-corrected chi connectivity index (χ2v) is 10.9. The van der Waals surface area contributed by atoms with Crippen LogP contribution in [0, 0.1) is 0 Å². The lowest BCUT2D eigenvalue weighted by Crippen LogP contribution is -2.22. The van der Waals surface area contributed by atoms with Crippen molar-refractivity contribution in [2.24, 2.45) is 0 Å². The fourth-order valence-corrected chi connectivity index (χ4v) is 6.03. The predicted molar refractivity (Wildman–Crippen MR) is 151 cm³/mol. The van der Waals surface area contributed by atoms with E-state index in [-0.39, 0.29) is 5.41 Å². The molecular formula is C35H32. The normalized spacial score (nSPS) is 14.4. The number of benzene rings is 4. The zero-order valence-corrected chi connectivity index (χ0v) is 21.2. The van der Waals surface area contributed by atoms with Crippen LogP contribution in [0.4, 0.5) is 0 Å². The van der Waals surface area contributed by atoms with Crippen molar-refractivity contribution in [2.45, 2.75) is 46.0 Å². The topological polar surface area (TPSA) is 0 Å². The SMILES string of the molecule is CC1=Cc2c(cc(-c3ccccc3)cc2C(C)(C)c2cc(-c3ccccc3)cc3c2C=C(C)C3)C1. The maximum absolute atomic E-state index is 2.45. The van der Waals surface area contributed by atoms with Gasteiger partial charge in [-0.25, -0.2) is 0 Å². The first-order valence-electron chi connectivity index (χ1n) is 12.7. The lowest BCUT2D eigenvalue weighted by Gasteiger charge is -2.32. The van der Waals surface area contributed by atoms with Crippen LogP contribution in [0.15, 0.2) is 96.1 Å². The summed E-state index contributed by atoms with van der Waals surface area (Å²) in [4.78, 5) is 0. The van der Waals surface area contributed by atoms with Gasteiger partial charge in [-0.1, -0.05) is 110 Å². The minimum atomic E-state index is -0.147. The zero-order valence-electron chi connectivity index (χ0n) is 21.2. The summed E-state index contributed by atoms with van der Waals surface area (Å²) in [7, 11) is 0. The van der Waals surface area contributed by atoms with Crippen LogP contribution < -0.4 is 0 Å². The molecule has 0 N–H and O–H groups in total. The third kappa shape index (κ3) is 3.78. The van der Waals surface area contributed by atoms with E-state index < -0.39 is 0 Å². The molecule has 2 aliphatic carbocycles. The van der Waals surface area contributed by atoms with Crippen LogP contribution in [0.25, 0.3) is 34.4 Å². The van der Waals surface area contributed by atoms with Gasteiger partial charge in [-0.3, -0.25) is 0 Å². The van der Waals surface area contributed by atoms with Gasteiger partial charge in [0.15, 0.2) is 0 Å². The van der Waals surface area contributed by atoms with Crippen molar-refractivity contribution < 1.29 is 0 Å². The molecule has 6 rings (SSSR count). The summed E-state index contributed by atoms with van der Waals surface area (Å²) in [5, 5.41) is 0. The van der Waals surface area contributed by atoms with E-state index in [1.807, 2.05) is 0 Å². The van der Waals surface area contributed by atoms with Crippen LogP contribution in [0.1, 0.15) is 61.1 Å². The van der Waals surface area contributed by atoms with E-state index in [9.17, 15) is 0 Å². The summed E-state index contributed by atoms with van der Waals surface area (Å²) in [6, 6.07) is 31.4. The van der Waals surface area contributed by atoms with Crippen molar-refractivity contribution in [3.05, 3.63) is 129 Å². The average molecular weight is 453 g/mol. The van der Waals surface area contributed by atoms with E-state index >= 15 is 0 Å². The Morgan fingerprint density at radius 1 is 0.514 bits per heavy atom. The molecule has 4 aromatic rings. The first kappa shape index (κ1) is 21.9. The highest BCUT2D eigenvalue weighted by molar-refractivity contribution is 5.79. The van der Waals surface area contributed by atoms with Crippen LogP contribution >= 0.6 is 0 Å². The molecule has 0 atom stereocenters. The van der Waals surface area contributed by atoms with E-state index in [1.54, 1.807) is 0 Å². The summed E-state index contributed by atoms with van der Waals surface area (Å²) in [6.45, 7) is 9.37. The Hall–Kier alpha value is -3.64. The van der Waals surface area contributed by atoms with Gasteiger partial charge in [0.25, 0.3) is 0 Å². The van der Waals surface area contributed by atoms with E-state index in [1.165, 1.54) is 66.8 Å². The molecule has 0 heterocycles. The molecule has 172 valence electrons. The van der Waals surface area contributed by atoms with Crippen molar-refractivity contribution in [3.63, 3.8) is 0 Å². The van der Waals surface area contributed by atoms with Crippen LogP contribution in [0.5, 0.6) is 0 Å². The van der Waals surface area contributed by atoms with Crippen LogP contribution in [0.2, 0.25) is 0 Å². The van der Waals surface area contributed by atoms with E-state index in [0.29, 0.717) is 0 Å². The average Bonchev–Trinajstić information content (AvgIpc) is 3.44. The van der Waals surface area contributed by atoms with Crippen LogP contribution in [-0.2, 0) is 18.3 Å². The number of hydrogen-bond acceptors (Lipinski definition) is 0. The lowest BCUT2D eigenvalue weighted by molar-refractivity contribution is 0.637. The fraction of sp³-hybridized carbons (Fsp3) is 0.200. The highest BCUT2D eigenvalue weighted by Crippen LogP contribution is 2.45. The largest absolute Gasteiger partial charge is 0.0683 e. The van der Waals surface area contributed by atoms with Gasteiger partial charge in [0, 0.05) is 5.41 Å². The predicted octanol–water partition coefficient (Wildman–Crippen LogP) is 9.27. The highest BCUT2D eigenvalue weighted by atomic mass is 14.4. The molecular weight excluding hydrogens is 420 g/mol. The molecule has 0 bridgehead atoms. The summed E-state index contributed by atoms with van der Waals surface area (Å²) < 4.78 is 0. The summed E-state index contributed by atoms with van der Waals surface area (Å²) in [5.74, 6) is 0. The number of hydrogen-bond donors (Lipinski definition) is 0. The quantitative estimate of drug-likeness (QED) is 0.289. The first-order valence-corrected chi connectivity index (χ1v) is 12.7. The maximum atomic E-state index is 2.45. The molecule has 0 nitrogen and oxygen atoms in total. The number of rotatable bonds is 4. The van der Waals surface area contributed by atoms with Crippen molar-refractivity contribution >= 4 is 12.2 Å². The Kier molecular flexibility index (Phi) is 5.15. The summed E-state index contributed by atoms with van der Waals surface area (Å²) >= 11 is 0. The van der Waals surface area contributed by atoms with Gasteiger partial charge < -0.3 is 0 Å². The molecule has 2 aliphatic rings. The van der Waals surface area contributed by atoms with Crippen molar-refractivity contribution in [3.8, 4) is 22.3 Å². The molecule has 0 saturated heterocycles. The van der Waals surface area contributed by atoms with Gasteiger partial charge in [0.1, 0.15) is 0 Å². The van der Waals surface area contributed by atoms with Crippen molar-refractivity contribution in [2.75, 3.05) is 0 Å². The number of fused-ring (bicyclic) bond motifs is 2. The monoisotopic (exact) mass is 452 g/mol. The summed E-state index contributed by atoms with van der Waals surface area (Å²) in [6.07, 6.45) is 6.92. The standard InChI is InChI=1S/C35H32/c1-23-15-29-19-27(25-11-7-5-8-12-25)21-33(31(29)17-23)35(3,4)34-22-28(26-13-9-6-10-14-26)20-30-16-24(2)18-32(30)34/h5-14,17-22H,15-16H2,1-4H3. The number of allylic oxidation sites excluding steroid dienone is 2. The zero-order chi connectivity index (χ0) is 24.2. The van der Waals surface area contributed by atoms with Gasteiger partial charge in [-0.2, -0.15) is 0 Å². The molecule has 0 saturated carbocycles. The molecule has 0 aliphatic heterocycles. The molecule has 35 heavy (non-hydrogen) atoms. The molecule has 0 spiro atoms. The molecule has 0 unspecified atom stereocenters. The van der Waals surface area contributed by atoms with E-state index in [4.69, 9.17) is 0 Å². The van der Waals surface area contributed by atoms with Crippen molar-refractivity contribution in [1.82, 2.24) is 0 Å². The van der Waals surface area contributed by atoms with Gasteiger partial charge in [-0.05, 0) is 94.5 Å². The maximum Gasteiger partial charge on any atom is 0.0159 e. The lowest BCUT2D eigenvalue weighted by atomic mass is 9.72.